The molecule has 0 aromatic heterocycles. The summed E-state index contributed by atoms with van der Waals surface area (Å²) >= 11 is 0. The number of nitrogens with one attached hydrogen (secondary N) is 2. The lowest BCUT2D eigenvalue weighted by molar-refractivity contribution is -0.117. The van der Waals surface area contributed by atoms with Crippen LogP contribution in [0.3, 0.4) is 0 Å². The molecule has 0 aliphatic rings. The molecule has 0 aliphatic heterocycles. The molecule has 0 spiro atoms. The number of ketones is 1. The summed E-state index contributed by atoms with van der Waals surface area (Å²) in [5.74, 6) is -0.738. The molecule has 0 fully saturated rings. The van der Waals surface area contributed by atoms with Crippen molar-refractivity contribution in [2.45, 2.75) is 24.8 Å². The van der Waals surface area contributed by atoms with Crippen molar-refractivity contribution in [3.63, 3.8) is 0 Å². The first-order chi connectivity index (χ1) is 12.2. The van der Waals surface area contributed by atoms with Gasteiger partial charge >= 0.3 is 0 Å². The number of anilines is 1. The molecule has 0 unspecified atom stereocenters. The Morgan fingerprint density at radius 1 is 1.12 bits per heavy atom. The summed E-state index contributed by atoms with van der Waals surface area (Å²) in [6.45, 7) is 2.79. The van der Waals surface area contributed by atoms with Crippen LogP contribution in [0.5, 0.6) is 0 Å². The van der Waals surface area contributed by atoms with Crippen LogP contribution >= 0.6 is 0 Å². The highest BCUT2D eigenvalue weighted by molar-refractivity contribution is 7.89. The monoisotopic (exact) mass is 371 g/mol. The van der Waals surface area contributed by atoms with Gasteiger partial charge in [-0.2, -0.15) is 9.98 Å². The van der Waals surface area contributed by atoms with Gasteiger partial charge in [-0.1, -0.05) is 18.2 Å². The zero-order valence-electron chi connectivity index (χ0n) is 14.2. The summed E-state index contributed by atoms with van der Waals surface area (Å²) in [5.41, 5.74) is 1.17. The van der Waals surface area contributed by atoms with Crippen LogP contribution in [0.25, 0.3) is 0 Å². The third kappa shape index (κ3) is 4.75. The fourth-order valence-electron chi connectivity index (χ4n) is 2.14. The largest absolute Gasteiger partial charge is 0.325 e. The second kappa shape index (κ2) is 7.91. The average molecular weight is 371 g/mol. The first-order valence-corrected chi connectivity index (χ1v) is 9.15. The third-order valence-electron chi connectivity index (χ3n) is 3.56. The first-order valence-electron chi connectivity index (χ1n) is 7.67. The van der Waals surface area contributed by atoms with E-state index >= 15 is 0 Å². The molecule has 0 radical (unpaired) electrons. The van der Waals surface area contributed by atoms with Gasteiger partial charge in [0.05, 0.1) is 22.6 Å². The van der Waals surface area contributed by atoms with Crippen LogP contribution in [0.4, 0.5) is 5.69 Å². The lowest BCUT2D eigenvalue weighted by Crippen LogP contribution is -2.41. The summed E-state index contributed by atoms with van der Waals surface area (Å²) < 4.78 is 27.0. The number of sulfonamides is 1. The number of amides is 1. The number of carbonyl (C=O) groups excluding carboxylic acids is 2. The maximum Gasteiger partial charge on any atom is 0.242 e. The fourth-order valence-corrected chi connectivity index (χ4v) is 3.34. The van der Waals surface area contributed by atoms with E-state index in [4.69, 9.17) is 5.26 Å². The van der Waals surface area contributed by atoms with E-state index in [9.17, 15) is 18.0 Å². The molecule has 1 atom stereocenters. The van der Waals surface area contributed by atoms with E-state index in [1.807, 2.05) is 6.07 Å². The van der Waals surface area contributed by atoms with E-state index in [0.29, 0.717) is 16.8 Å². The van der Waals surface area contributed by atoms with Gasteiger partial charge in [-0.05, 0) is 44.2 Å². The molecule has 2 N–H and O–H groups in total. The van der Waals surface area contributed by atoms with Gasteiger partial charge in [-0.15, -0.1) is 0 Å². The smallest absolute Gasteiger partial charge is 0.242 e. The molecule has 26 heavy (non-hydrogen) atoms. The second-order valence-electron chi connectivity index (χ2n) is 5.61. The zero-order valence-corrected chi connectivity index (χ0v) is 15.0. The minimum absolute atomic E-state index is 0.0476. The Kier molecular flexibility index (Phi) is 5.87. The molecule has 7 nitrogen and oxygen atoms in total. The van der Waals surface area contributed by atoms with Crippen molar-refractivity contribution in [2.75, 3.05) is 5.32 Å². The maximum absolute atomic E-state index is 12.4. The summed E-state index contributed by atoms with van der Waals surface area (Å²) in [7, 11) is -3.93. The number of benzene rings is 2. The Bertz CT molecular complexity index is 976. The molecule has 0 bridgehead atoms. The molecular weight excluding hydrogens is 354 g/mol. The van der Waals surface area contributed by atoms with Crippen LogP contribution in [0.2, 0.25) is 0 Å². The van der Waals surface area contributed by atoms with Crippen LogP contribution in [-0.4, -0.2) is 26.2 Å². The highest BCUT2D eigenvalue weighted by Crippen LogP contribution is 2.13. The van der Waals surface area contributed by atoms with E-state index in [2.05, 4.69) is 10.0 Å². The third-order valence-corrected chi connectivity index (χ3v) is 5.11. The van der Waals surface area contributed by atoms with Crippen LogP contribution < -0.4 is 10.0 Å². The number of hydrogen-bond acceptors (Lipinski definition) is 5. The normalized spacial score (nSPS) is 12.0. The minimum atomic E-state index is -3.93. The Morgan fingerprint density at radius 2 is 1.77 bits per heavy atom. The predicted molar refractivity (Wildman–Crippen MR) is 96.0 cm³/mol. The van der Waals surface area contributed by atoms with E-state index in [1.165, 1.54) is 44.2 Å². The van der Waals surface area contributed by atoms with Crippen molar-refractivity contribution in [2.24, 2.45) is 0 Å². The summed E-state index contributed by atoms with van der Waals surface area (Å²) in [6, 6.07) is 12.6. The first kappa shape index (κ1) is 19.3. The standard InChI is InChI=1S/C18H17N3O4S/c1-12(18(23)20-16-5-3-4-14(10-16)11-19)21-26(24,25)17-8-6-15(7-9-17)13(2)22/h3-10,12,21H,1-2H3,(H,20,23)/t12-/m0/s1. The Morgan fingerprint density at radius 3 is 2.35 bits per heavy atom. The van der Waals surface area contributed by atoms with Crippen LogP contribution in [0.15, 0.2) is 53.4 Å². The minimum Gasteiger partial charge on any atom is -0.325 e. The van der Waals surface area contributed by atoms with E-state index in [1.54, 1.807) is 18.2 Å². The summed E-state index contributed by atoms with van der Waals surface area (Å²) in [5, 5.41) is 11.4. The summed E-state index contributed by atoms with van der Waals surface area (Å²) in [6.07, 6.45) is 0. The van der Waals surface area contributed by atoms with Gasteiger partial charge < -0.3 is 5.32 Å². The topological polar surface area (TPSA) is 116 Å². The van der Waals surface area contributed by atoms with Gasteiger partial charge in [-0.25, -0.2) is 8.42 Å². The number of nitrogens with zero attached hydrogens (tertiary/aromatic N) is 1. The van der Waals surface area contributed by atoms with E-state index in [0.717, 1.165) is 0 Å². The van der Waals surface area contributed by atoms with Gasteiger partial charge in [0.15, 0.2) is 5.78 Å². The number of carbonyl (C=O) groups is 2. The van der Waals surface area contributed by atoms with Gasteiger partial charge in [-0.3, -0.25) is 9.59 Å². The highest BCUT2D eigenvalue weighted by atomic mass is 32.2. The molecule has 0 saturated carbocycles. The van der Waals surface area contributed by atoms with Gasteiger partial charge in [0.25, 0.3) is 0 Å². The van der Waals surface area contributed by atoms with Crippen LogP contribution in [0, 0.1) is 11.3 Å². The van der Waals surface area contributed by atoms with Gasteiger partial charge in [0, 0.05) is 11.3 Å². The fraction of sp³-hybridized carbons (Fsp3) is 0.167. The van der Waals surface area contributed by atoms with Crippen LogP contribution in [0.1, 0.15) is 29.8 Å². The van der Waals surface area contributed by atoms with Crippen molar-refractivity contribution >= 4 is 27.4 Å². The number of hydrogen-bond donors (Lipinski definition) is 2. The molecule has 8 heteroatoms. The highest BCUT2D eigenvalue weighted by Gasteiger charge is 2.22. The summed E-state index contributed by atoms with van der Waals surface area (Å²) in [4.78, 5) is 23.4. The van der Waals surface area contributed by atoms with E-state index < -0.39 is 22.0 Å². The molecule has 0 saturated heterocycles. The molecule has 2 rings (SSSR count). The SMILES string of the molecule is CC(=O)c1ccc(S(=O)(=O)N[C@@H](C)C(=O)Nc2cccc(C#N)c2)cc1. The lowest BCUT2D eigenvalue weighted by Gasteiger charge is -2.14. The molecule has 134 valence electrons. The van der Waals surface area contributed by atoms with Crippen molar-refractivity contribution in [3.8, 4) is 6.07 Å². The Labute approximate surface area is 151 Å². The second-order valence-corrected chi connectivity index (χ2v) is 7.32. The number of nitriles is 1. The quantitative estimate of drug-likeness (QED) is 0.754. The molecule has 1 amide bonds. The predicted octanol–water partition coefficient (Wildman–Crippen LogP) is 2.07. The van der Waals surface area contributed by atoms with Crippen LogP contribution in [-0.2, 0) is 14.8 Å². The van der Waals surface area contributed by atoms with Crippen molar-refractivity contribution < 1.29 is 18.0 Å². The van der Waals surface area contributed by atoms with E-state index in [-0.39, 0.29) is 10.7 Å². The number of Topliss-reactive ketones (excluding diaryl/α,β-unsaturated/α-hetero) is 1. The van der Waals surface area contributed by atoms with Gasteiger partial charge in [0.2, 0.25) is 15.9 Å². The lowest BCUT2D eigenvalue weighted by atomic mass is 10.2. The molecule has 0 aliphatic carbocycles. The Hall–Kier alpha value is -3.02. The molecule has 2 aromatic carbocycles. The Balaban J connectivity index is 2.09. The average Bonchev–Trinajstić information content (AvgIpc) is 2.61. The molecule has 0 heterocycles. The number of rotatable bonds is 6. The van der Waals surface area contributed by atoms with Gasteiger partial charge in [0.1, 0.15) is 0 Å². The van der Waals surface area contributed by atoms with Crippen molar-refractivity contribution in [3.05, 3.63) is 59.7 Å². The molecular formula is C18H17N3O4S. The molecule has 2 aromatic rings. The van der Waals surface area contributed by atoms with Crippen molar-refractivity contribution in [1.82, 2.24) is 4.72 Å². The maximum atomic E-state index is 12.4. The zero-order chi connectivity index (χ0) is 19.3. The van der Waals surface area contributed by atoms with Crippen molar-refractivity contribution in [1.29, 1.82) is 5.26 Å².